The summed E-state index contributed by atoms with van der Waals surface area (Å²) in [4.78, 5) is 17.2. The lowest BCUT2D eigenvalue weighted by Gasteiger charge is -2.16. The minimum absolute atomic E-state index is 0.0917. The predicted octanol–water partition coefficient (Wildman–Crippen LogP) is 11.6. The van der Waals surface area contributed by atoms with Crippen LogP contribution in [0.15, 0.2) is 176 Å². The predicted molar refractivity (Wildman–Crippen MR) is 241 cm³/mol. The Bertz CT molecular complexity index is 3560. The van der Waals surface area contributed by atoms with Gasteiger partial charge in [0.15, 0.2) is 0 Å². The number of para-hydroxylation sites is 4. The number of nitrogens with zero attached hydrogens (tertiary/aromatic N) is 9. The van der Waals surface area contributed by atoms with E-state index in [2.05, 4.69) is 179 Å². The monoisotopic (exact) mass is 779 g/mol. The largest absolute Gasteiger partial charge is 0.309 e. The van der Waals surface area contributed by atoms with Crippen LogP contribution in [0.25, 0.3) is 105 Å². The molecule has 0 aliphatic heterocycles. The van der Waals surface area contributed by atoms with Gasteiger partial charge in [0.1, 0.15) is 12.1 Å². The lowest BCUT2D eigenvalue weighted by molar-refractivity contribution is 1.11. The SMILES string of the molecule is N#Cc1ncc(-c2ccc(-n3c4ccc(-n5c6ccccc6c6ccccc65)cc4c4cc(-n5c6ccccc6c6ccccc65)ccc43)c(-c3cnc(C#N)nc3)c2)cn1. The molecule has 61 heavy (non-hydrogen) atoms. The first-order chi connectivity index (χ1) is 30.2. The summed E-state index contributed by atoms with van der Waals surface area (Å²) in [6.07, 6.45) is 6.70. The molecule has 9 nitrogen and oxygen atoms in total. The highest BCUT2D eigenvalue weighted by molar-refractivity contribution is 6.14. The minimum atomic E-state index is 0.0917. The van der Waals surface area contributed by atoms with Crippen LogP contribution in [0.4, 0.5) is 0 Å². The van der Waals surface area contributed by atoms with Gasteiger partial charge in [0.2, 0.25) is 11.6 Å². The second-order valence-electron chi connectivity index (χ2n) is 15.0. The fourth-order valence-electron chi connectivity index (χ4n) is 9.14. The number of benzene rings is 7. The van der Waals surface area contributed by atoms with Crippen LogP contribution in [0.3, 0.4) is 0 Å². The number of rotatable bonds is 5. The Hall–Kier alpha value is -8.92. The van der Waals surface area contributed by atoms with Gasteiger partial charge < -0.3 is 13.7 Å². The maximum Gasteiger partial charge on any atom is 0.232 e. The second kappa shape index (κ2) is 13.3. The highest BCUT2D eigenvalue weighted by atomic mass is 15.0. The van der Waals surface area contributed by atoms with Gasteiger partial charge in [-0.15, -0.1) is 0 Å². The van der Waals surface area contributed by atoms with E-state index in [4.69, 9.17) is 0 Å². The van der Waals surface area contributed by atoms with Crippen molar-refractivity contribution in [2.24, 2.45) is 0 Å². The van der Waals surface area contributed by atoms with Crippen LogP contribution >= 0.6 is 0 Å². The number of nitriles is 2. The molecule has 0 spiro atoms. The van der Waals surface area contributed by atoms with Crippen LogP contribution in [-0.4, -0.2) is 33.6 Å². The number of hydrogen-bond donors (Lipinski definition) is 0. The van der Waals surface area contributed by atoms with Gasteiger partial charge in [0.05, 0.1) is 38.8 Å². The zero-order valence-corrected chi connectivity index (χ0v) is 32.3. The number of hydrogen-bond acceptors (Lipinski definition) is 6. The second-order valence-corrected chi connectivity index (χ2v) is 15.0. The third-order valence-corrected chi connectivity index (χ3v) is 11.8. The Morgan fingerprint density at radius 2 is 0.738 bits per heavy atom. The fraction of sp³-hybridized carbons (Fsp3) is 0. The van der Waals surface area contributed by atoms with E-state index in [1.54, 1.807) is 24.8 Å². The molecule has 0 saturated carbocycles. The van der Waals surface area contributed by atoms with Gasteiger partial charge in [-0.05, 0) is 78.4 Å². The molecular weight excluding hydrogens is 751 g/mol. The van der Waals surface area contributed by atoms with Crippen LogP contribution < -0.4 is 0 Å². The molecule has 0 saturated heterocycles. The van der Waals surface area contributed by atoms with Crippen LogP contribution in [0.2, 0.25) is 0 Å². The van der Waals surface area contributed by atoms with E-state index in [9.17, 15) is 10.5 Å². The van der Waals surface area contributed by atoms with Crippen LogP contribution in [-0.2, 0) is 0 Å². The van der Waals surface area contributed by atoms with Crippen LogP contribution in [0.5, 0.6) is 0 Å². The molecule has 0 N–H and O–H groups in total. The highest BCUT2D eigenvalue weighted by Gasteiger charge is 2.21. The van der Waals surface area contributed by atoms with Crippen molar-refractivity contribution in [2.75, 3.05) is 0 Å². The van der Waals surface area contributed by atoms with E-state index in [-0.39, 0.29) is 11.6 Å². The smallest absolute Gasteiger partial charge is 0.232 e. The molecule has 7 aromatic carbocycles. The van der Waals surface area contributed by atoms with E-state index in [1.807, 2.05) is 18.2 Å². The molecule has 0 amide bonds. The lowest BCUT2D eigenvalue weighted by Crippen LogP contribution is -2.00. The summed E-state index contributed by atoms with van der Waals surface area (Å²) in [6.45, 7) is 0. The van der Waals surface area contributed by atoms with E-state index >= 15 is 0 Å². The highest BCUT2D eigenvalue weighted by Crippen LogP contribution is 2.42. The average molecular weight is 780 g/mol. The van der Waals surface area contributed by atoms with Crippen molar-refractivity contribution < 1.29 is 0 Å². The summed E-state index contributed by atoms with van der Waals surface area (Å²) in [5.41, 5.74) is 12.8. The van der Waals surface area contributed by atoms with E-state index < -0.39 is 0 Å². The third-order valence-electron chi connectivity index (χ3n) is 11.8. The fourth-order valence-corrected chi connectivity index (χ4v) is 9.14. The molecule has 12 rings (SSSR count). The first kappa shape index (κ1) is 34.1. The molecule has 12 aromatic rings. The lowest BCUT2D eigenvalue weighted by atomic mass is 10.00. The van der Waals surface area contributed by atoms with Crippen molar-refractivity contribution in [2.45, 2.75) is 0 Å². The molecule has 0 radical (unpaired) electrons. The van der Waals surface area contributed by atoms with Crippen molar-refractivity contribution in [3.05, 3.63) is 188 Å². The number of aromatic nitrogens is 7. The van der Waals surface area contributed by atoms with Gasteiger partial charge in [-0.2, -0.15) is 10.5 Å². The molecular formula is C52H29N9. The van der Waals surface area contributed by atoms with Gasteiger partial charge in [0.25, 0.3) is 0 Å². The Morgan fingerprint density at radius 3 is 1.16 bits per heavy atom. The zero-order chi connectivity index (χ0) is 40.6. The normalized spacial score (nSPS) is 11.6. The van der Waals surface area contributed by atoms with Gasteiger partial charge in [-0.1, -0.05) is 78.9 Å². The summed E-state index contributed by atoms with van der Waals surface area (Å²) >= 11 is 0. The third kappa shape index (κ3) is 5.18. The molecule has 282 valence electrons. The standard InChI is InChI=1S/C52H29N9/c53-26-51-55-28-33(29-56-51)32-17-20-48(41(23-32)34-30-57-52(27-54)58-31-34)61-49-21-18-35(59-44-13-5-1-9-37(44)38-10-2-6-14-45(38)59)24-42(49)43-25-36(19-22-50(43)61)60-46-15-7-3-11-39(46)40-12-4-8-16-47(40)60/h1-25,28-31H. The summed E-state index contributed by atoms with van der Waals surface area (Å²) in [5.74, 6) is 0.195. The van der Waals surface area contributed by atoms with Gasteiger partial charge >= 0.3 is 0 Å². The maximum atomic E-state index is 9.57. The Kier molecular flexibility index (Phi) is 7.46. The Labute approximate surface area is 347 Å². The van der Waals surface area contributed by atoms with Crippen molar-refractivity contribution in [1.29, 1.82) is 10.5 Å². The van der Waals surface area contributed by atoms with Gasteiger partial charge in [-0.25, -0.2) is 19.9 Å². The molecule has 5 heterocycles. The quantitative estimate of drug-likeness (QED) is 0.172. The first-order valence-electron chi connectivity index (χ1n) is 19.8. The first-order valence-corrected chi connectivity index (χ1v) is 19.8. The summed E-state index contributed by atoms with van der Waals surface area (Å²) in [6, 6.07) is 58.1. The van der Waals surface area contributed by atoms with Crippen molar-refractivity contribution in [3.8, 4) is 51.5 Å². The Balaban J connectivity index is 1.16. The van der Waals surface area contributed by atoms with Gasteiger partial charge in [0, 0.05) is 85.2 Å². The van der Waals surface area contributed by atoms with E-state index in [0.717, 1.165) is 83.2 Å². The molecule has 0 bridgehead atoms. The van der Waals surface area contributed by atoms with Crippen molar-refractivity contribution >= 4 is 65.4 Å². The molecule has 5 aromatic heterocycles. The minimum Gasteiger partial charge on any atom is -0.309 e. The molecule has 0 unspecified atom stereocenters. The van der Waals surface area contributed by atoms with Crippen molar-refractivity contribution in [1.82, 2.24) is 33.6 Å². The average Bonchev–Trinajstić information content (AvgIpc) is 3.96. The molecule has 0 aliphatic carbocycles. The molecule has 0 fully saturated rings. The topological polar surface area (TPSA) is 114 Å². The summed E-state index contributed by atoms with van der Waals surface area (Å²) < 4.78 is 7.03. The maximum absolute atomic E-state index is 9.57. The number of fused-ring (bicyclic) bond motifs is 9. The molecule has 0 atom stereocenters. The zero-order valence-electron chi connectivity index (χ0n) is 32.3. The van der Waals surface area contributed by atoms with E-state index in [0.29, 0.717) is 0 Å². The van der Waals surface area contributed by atoms with Gasteiger partial charge in [-0.3, -0.25) is 0 Å². The summed E-state index contributed by atoms with van der Waals surface area (Å²) in [7, 11) is 0. The van der Waals surface area contributed by atoms with Crippen LogP contribution in [0.1, 0.15) is 11.6 Å². The van der Waals surface area contributed by atoms with Crippen LogP contribution in [0, 0.1) is 22.7 Å². The molecule has 9 heteroatoms. The van der Waals surface area contributed by atoms with E-state index in [1.165, 1.54) is 21.5 Å². The Morgan fingerprint density at radius 1 is 0.344 bits per heavy atom. The van der Waals surface area contributed by atoms with Crippen molar-refractivity contribution in [3.63, 3.8) is 0 Å². The molecule has 0 aliphatic rings. The summed E-state index contributed by atoms with van der Waals surface area (Å²) in [5, 5.41) is 25.9.